The van der Waals surface area contributed by atoms with Crippen molar-refractivity contribution in [2.24, 2.45) is 0 Å². The average molecular weight is 380 g/mol. The minimum Gasteiger partial charge on any atom is -0.333 e. The van der Waals surface area contributed by atoms with Gasteiger partial charge in [-0.15, -0.1) is 0 Å². The maximum Gasteiger partial charge on any atom is 0.295 e. The Morgan fingerprint density at radius 3 is 2.50 bits per heavy atom. The van der Waals surface area contributed by atoms with Crippen LogP contribution in [0.3, 0.4) is 0 Å². The summed E-state index contributed by atoms with van der Waals surface area (Å²) in [6.45, 7) is 3.05. The number of piperazine rings is 1. The van der Waals surface area contributed by atoms with Gasteiger partial charge in [0, 0.05) is 50.5 Å². The van der Waals surface area contributed by atoms with Gasteiger partial charge in [-0.3, -0.25) is 9.59 Å². The fourth-order valence-electron chi connectivity index (χ4n) is 3.48. The van der Waals surface area contributed by atoms with Gasteiger partial charge < -0.3 is 14.4 Å². The van der Waals surface area contributed by atoms with E-state index in [0.717, 1.165) is 18.7 Å². The zero-order chi connectivity index (χ0) is 19.7. The number of benzene rings is 1. The Hall–Kier alpha value is -3.06. The molecule has 0 atom stereocenters. The molecule has 2 aromatic heterocycles. The van der Waals surface area contributed by atoms with E-state index in [9.17, 15) is 14.0 Å². The van der Waals surface area contributed by atoms with Crippen LogP contribution in [0.1, 0.15) is 15.9 Å². The summed E-state index contributed by atoms with van der Waals surface area (Å²) in [4.78, 5) is 33.8. The van der Waals surface area contributed by atoms with E-state index >= 15 is 0 Å². The Labute approximate surface area is 162 Å². The number of nitrogens with zero attached hydrogens (tertiary/aromatic N) is 4. The molecular weight excluding hydrogens is 359 g/mol. The van der Waals surface area contributed by atoms with Crippen LogP contribution < -0.4 is 0 Å². The van der Waals surface area contributed by atoms with Crippen molar-refractivity contribution >= 4 is 22.7 Å². The van der Waals surface area contributed by atoms with Gasteiger partial charge in [-0.1, -0.05) is 12.1 Å². The van der Waals surface area contributed by atoms with Crippen LogP contribution in [-0.2, 0) is 11.3 Å². The van der Waals surface area contributed by atoms with E-state index in [1.54, 1.807) is 41.6 Å². The van der Waals surface area contributed by atoms with Crippen molar-refractivity contribution in [2.75, 3.05) is 33.2 Å². The Morgan fingerprint density at radius 1 is 1.07 bits per heavy atom. The van der Waals surface area contributed by atoms with Gasteiger partial charge in [0.25, 0.3) is 11.7 Å². The maximum absolute atomic E-state index is 13.2. The molecule has 0 aliphatic carbocycles. The minimum atomic E-state index is -0.514. The molecule has 3 heterocycles. The van der Waals surface area contributed by atoms with Crippen molar-refractivity contribution < 1.29 is 14.0 Å². The summed E-state index contributed by atoms with van der Waals surface area (Å²) in [5, 5.41) is 0.650. The van der Waals surface area contributed by atoms with Gasteiger partial charge in [-0.05, 0) is 36.9 Å². The molecule has 7 heteroatoms. The number of carbonyl (C=O) groups excluding carboxylic acids is 2. The Bertz CT molecular complexity index is 1020. The average Bonchev–Trinajstić information content (AvgIpc) is 3.08. The van der Waals surface area contributed by atoms with Crippen LogP contribution in [-0.4, -0.2) is 64.3 Å². The number of ketones is 1. The van der Waals surface area contributed by atoms with Gasteiger partial charge in [0.05, 0.1) is 5.56 Å². The lowest BCUT2D eigenvalue weighted by molar-refractivity contribution is -0.127. The van der Waals surface area contributed by atoms with Gasteiger partial charge >= 0.3 is 0 Å². The standard InChI is InChI=1S/C21H21FN4O2/c1-24-9-11-25(12-10-24)21(28)19(27)18-14-26(20-17(18)3-2-8-23-20)13-15-4-6-16(22)7-5-15/h2-8,14H,9-13H2,1H3. The van der Waals surface area contributed by atoms with Crippen molar-refractivity contribution in [3.63, 3.8) is 0 Å². The summed E-state index contributed by atoms with van der Waals surface area (Å²) in [6, 6.07) is 9.74. The number of aromatic nitrogens is 2. The lowest BCUT2D eigenvalue weighted by atomic mass is 10.1. The topological polar surface area (TPSA) is 58.4 Å². The smallest absolute Gasteiger partial charge is 0.295 e. The van der Waals surface area contributed by atoms with Crippen LogP contribution in [0.25, 0.3) is 11.0 Å². The highest BCUT2D eigenvalue weighted by atomic mass is 19.1. The van der Waals surface area contributed by atoms with E-state index in [1.807, 2.05) is 11.6 Å². The first-order chi connectivity index (χ1) is 13.5. The molecule has 1 aliphatic heterocycles. The summed E-state index contributed by atoms with van der Waals surface area (Å²) in [5.41, 5.74) is 1.86. The van der Waals surface area contributed by atoms with Crippen molar-refractivity contribution in [3.8, 4) is 0 Å². The summed E-state index contributed by atoms with van der Waals surface area (Å²) in [5.74, 6) is -1.29. The molecule has 4 rings (SSSR count). The van der Waals surface area contributed by atoms with Crippen molar-refractivity contribution in [3.05, 3.63) is 65.7 Å². The number of Topliss-reactive ketones (excluding diaryl/α,β-unsaturated/α-hetero) is 1. The van der Waals surface area contributed by atoms with Gasteiger partial charge in [-0.25, -0.2) is 9.37 Å². The number of carbonyl (C=O) groups is 2. The number of pyridine rings is 1. The van der Waals surface area contributed by atoms with E-state index in [4.69, 9.17) is 0 Å². The van der Waals surface area contributed by atoms with E-state index < -0.39 is 11.7 Å². The Morgan fingerprint density at radius 2 is 1.79 bits per heavy atom. The van der Waals surface area contributed by atoms with Gasteiger partial charge in [0.15, 0.2) is 0 Å². The summed E-state index contributed by atoms with van der Waals surface area (Å²) < 4.78 is 15.0. The monoisotopic (exact) mass is 380 g/mol. The third-order valence-electron chi connectivity index (χ3n) is 5.13. The largest absolute Gasteiger partial charge is 0.333 e. The van der Waals surface area contributed by atoms with Gasteiger partial charge in [-0.2, -0.15) is 0 Å². The summed E-state index contributed by atoms with van der Waals surface area (Å²) >= 11 is 0. The predicted molar refractivity (Wildman–Crippen MR) is 104 cm³/mol. The minimum absolute atomic E-state index is 0.298. The molecule has 28 heavy (non-hydrogen) atoms. The number of hydrogen-bond donors (Lipinski definition) is 0. The lowest BCUT2D eigenvalue weighted by Crippen LogP contribution is -2.49. The molecule has 0 unspecified atom stereocenters. The van der Waals surface area contributed by atoms with Crippen LogP contribution in [0, 0.1) is 5.82 Å². The number of hydrogen-bond acceptors (Lipinski definition) is 4. The summed E-state index contributed by atoms with van der Waals surface area (Å²) in [7, 11) is 2.00. The van der Waals surface area contributed by atoms with E-state index in [0.29, 0.717) is 36.2 Å². The Kier molecular flexibility index (Phi) is 4.92. The zero-order valence-electron chi connectivity index (χ0n) is 15.6. The number of likely N-dealkylation sites (N-methyl/N-ethyl adjacent to an activating group) is 1. The number of amides is 1. The van der Waals surface area contributed by atoms with Crippen LogP contribution >= 0.6 is 0 Å². The van der Waals surface area contributed by atoms with Crippen LogP contribution in [0.5, 0.6) is 0 Å². The molecule has 0 bridgehead atoms. The number of rotatable bonds is 4. The molecule has 1 fully saturated rings. The first kappa shape index (κ1) is 18.3. The molecule has 144 valence electrons. The van der Waals surface area contributed by atoms with E-state index in [2.05, 4.69) is 9.88 Å². The highest BCUT2D eigenvalue weighted by molar-refractivity contribution is 6.44. The highest BCUT2D eigenvalue weighted by Crippen LogP contribution is 2.22. The quantitative estimate of drug-likeness (QED) is 0.514. The zero-order valence-corrected chi connectivity index (χ0v) is 15.6. The van der Waals surface area contributed by atoms with Crippen LogP contribution in [0.15, 0.2) is 48.8 Å². The molecule has 1 saturated heterocycles. The maximum atomic E-state index is 13.2. The lowest BCUT2D eigenvalue weighted by Gasteiger charge is -2.31. The van der Waals surface area contributed by atoms with Crippen molar-refractivity contribution in [2.45, 2.75) is 6.54 Å². The molecule has 1 aliphatic rings. The fourth-order valence-corrected chi connectivity index (χ4v) is 3.48. The predicted octanol–water partition coefficient (Wildman–Crippen LogP) is 2.18. The molecule has 0 N–H and O–H groups in total. The second-order valence-corrected chi connectivity index (χ2v) is 7.10. The fraction of sp³-hybridized carbons (Fsp3) is 0.286. The van der Waals surface area contributed by atoms with Crippen LogP contribution in [0.4, 0.5) is 4.39 Å². The van der Waals surface area contributed by atoms with Crippen molar-refractivity contribution in [1.29, 1.82) is 0 Å². The molecule has 0 saturated carbocycles. The molecular formula is C21H21FN4O2. The van der Waals surface area contributed by atoms with Gasteiger partial charge in [0.1, 0.15) is 11.5 Å². The van der Waals surface area contributed by atoms with E-state index in [1.165, 1.54) is 12.1 Å². The first-order valence-electron chi connectivity index (χ1n) is 9.23. The number of halogens is 1. The molecule has 1 aromatic carbocycles. The second-order valence-electron chi connectivity index (χ2n) is 7.10. The molecule has 6 nitrogen and oxygen atoms in total. The Balaban J connectivity index is 1.64. The third-order valence-corrected chi connectivity index (χ3v) is 5.13. The van der Waals surface area contributed by atoms with Gasteiger partial charge in [0.2, 0.25) is 0 Å². The summed E-state index contributed by atoms with van der Waals surface area (Å²) in [6.07, 6.45) is 3.33. The molecule has 0 radical (unpaired) electrons. The number of fused-ring (bicyclic) bond motifs is 1. The van der Waals surface area contributed by atoms with Crippen molar-refractivity contribution in [1.82, 2.24) is 19.4 Å². The molecule has 1 amide bonds. The molecule has 0 spiro atoms. The first-order valence-corrected chi connectivity index (χ1v) is 9.23. The SMILES string of the molecule is CN1CCN(C(=O)C(=O)c2cn(Cc3ccc(F)cc3)c3ncccc23)CC1. The third kappa shape index (κ3) is 3.53. The highest BCUT2D eigenvalue weighted by Gasteiger charge is 2.28. The molecule has 3 aromatic rings. The van der Waals surface area contributed by atoms with Crippen LogP contribution in [0.2, 0.25) is 0 Å². The second kappa shape index (κ2) is 7.52. The normalized spacial score (nSPS) is 15.1. The van der Waals surface area contributed by atoms with E-state index in [-0.39, 0.29) is 5.82 Å².